The third kappa shape index (κ3) is 4.62. The molecule has 0 saturated heterocycles. The number of nitrogens with zero attached hydrogens (tertiary/aromatic N) is 2. The van der Waals surface area contributed by atoms with Crippen LogP contribution in [0.3, 0.4) is 0 Å². The van der Waals surface area contributed by atoms with Crippen LogP contribution in [0.25, 0.3) is 0 Å². The highest BCUT2D eigenvalue weighted by Crippen LogP contribution is 2.24. The molecule has 120 valence electrons. The maximum atomic E-state index is 11.9. The Hall–Kier alpha value is -2.23. The summed E-state index contributed by atoms with van der Waals surface area (Å²) >= 11 is 2.18. The molecule has 0 atom stereocenters. The van der Waals surface area contributed by atoms with Gasteiger partial charge in [-0.1, -0.05) is 0 Å². The summed E-state index contributed by atoms with van der Waals surface area (Å²) in [5.74, 6) is -0.831. The van der Waals surface area contributed by atoms with E-state index in [0.717, 1.165) is 9.13 Å². The summed E-state index contributed by atoms with van der Waals surface area (Å²) in [6, 6.07) is 8.63. The van der Waals surface area contributed by atoms with Crippen molar-refractivity contribution in [3.63, 3.8) is 0 Å². The van der Waals surface area contributed by atoms with Gasteiger partial charge in [-0.3, -0.25) is 4.79 Å². The number of benzene rings is 1. The number of aryl methyl sites for hydroxylation is 2. The van der Waals surface area contributed by atoms with E-state index in [9.17, 15) is 14.9 Å². The number of carbonyl (C=O) groups excluding carboxylic acids is 1. The van der Waals surface area contributed by atoms with Gasteiger partial charge in [0.05, 0.1) is 0 Å². The predicted octanol–water partition coefficient (Wildman–Crippen LogP) is 3.23. The summed E-state index contributed by atoms with van der Waals surface area (Å²) in [5.41, 5.74) is 2.10. The molecule has 23 heavy (non-hydrogen) atoms. The molecule has 1 aromatic heterocycles. The van der Waals surface area contributed by atoms with Crippen molar-refractivity contribution in [2.75, 3.05) is 11.9 Å². The highest BCUT2D eigenvalue weighted by atomic mass is 127. The minimum absolute atomic E-state index is 0.0323. The molecular weight excluding hydrogens is 413 g/mol. The van der Waals surface area contributed by atoms with Gasteiger partial charge in [-0.2, -0.15) is 0 Å². The molecule has 0 bridgehead atoms. The summed E-state index contributed by atoms with van der Waals surface area (Å²) in [4.78, 5) is 26.1. The molecule has 0 unspecified atom stereocenters. The zero-order valence-corrected chi connectivity index (χ0v) is 14.7. The lowest BCUT2D eigenvalue weighted by Gasteiger charge is -2.10. The Bertz CT molecular complexity index is 764. The monoisotopic (exact) mass is 427 g/mol. The topological polar surface area (TPSA) is 94.4 Å². The smallest absolute Gasteiger partial charge is 0.406 e. The van der Waals surface area contributed by atoms with Crippen molar-refractivity contribution in [1.82, 2.24) is 4.98 Å². The van der Waals surface area contributed by atoms with Gasteiger partial charge in [0.2, 0.25) is 5.75 Å². The number of pyridine rings is 1. The van der Waals surface area contributed by atoms with Crippen LogP contribution in [0, 0.1) is 27.5 Å². The fourth-order valence-electron chi connectivity index (χ4n) is 1.87. The molecule has 1 aromatic carbocycles. The van der Waals surface area contributed by atoms with Crippen molar-refractivity contribution >= 4 is 40.0 Å². The summed E-state index contributed by atoms with van der Waals surface area (Å²) in [7, 11) is 0. The average Bonchev–Trinajstić information content (AvgIpc) is 2.48. The van der Waals surface area contributed by atoms with Gasteiger partial charge in [-0.15, -0.1) is 0 Å². The Morgan fingerprint density at radius 3 is 2.74 bits per heavy atom. The van der Waals surface area contributed by atoms with Crippen molar-refractivity contribution in [3.8, 4) is 5.75 Å². The number of aromatic nitrogens is 1. The number of carbonyl (C=O) groups is 1. The van der Waals surface area contributed by atoms with Crippen LogP contribution in [0.5, 0.6) is 5.75 Å². The van der Waals surface area contributed by atoms with E-state index in [1.807, 2.05) is 19.1 Å². The second-order valence-electron chi connectivity index (χ2n) is 4.83. The molecule has 2 aromatic rings. The number of hydrogen-bond donors (Lipinski definition) is 1. The first-order valence-corrected chi connectivity index (χ1v) is 7.75. The Balaban J connectivity index is 2.03. The maximum absolute atomic E-state index is 11.9. The number of halogens is 1. The Labute approximate surface area is 146 Å². The molecule has 8 heteroatoms. The number of amides is 1. The van der Waals surface area contributed by atoms with Crippen molar-refractivity contribution in [1.29, 1.82) is 0 Å². The zero-order valence-electron chi connectivity index (χ0n) is 12.5. The number of hydrogen-bond acceptors (Lipinski definition) is 5. The average molecular weight is 427 g/mol. The fourth-order valence-corrected chi connectivity index (χ4v) is 2.52. The molecule has 0 spiro atoms. The third-order valence-corrected chi connectivity index (χ3v) is 3.64. The lowest BCUT2D eigenvalue weighted by molar-refractivity contribution is -0.390. The van der Waals surface area contributed by atoms with E-state index >= 15 is 0 Å². The first kappa shape index (κ1) is 17.1. The summed E-state index contributed by atoms with van der Waals surface area (Å²) < 4.78 is 6.30. The molecule has 0 saturated carbocycles. The third-order valence-electron chi connectivity index (χ3n) is 2.97. The fraction of sp³-hybridized carbons (Fsp3) is 0.200. The molecule has 2 rings (SSSR count). The van der Waals surface area contributed by atoms with Crippen LogP contribution in [0.4, 0.5) is 11.5 Å². The quantitative estimate of drug-likeness (QED) is 0.449. The van der Waals surface area contributed by atoms with Crippen LogP contribution in [0.1, 0.15) is 11.3 Å². The van der Waals surface area contributed by atoms with Gasteiger partial charge in [0.15, 0.2) is 6.61 Å². The van der Waals surface area contributed by atoms with Gasteiger partial charge in [-0.25, -0.2) is 0 Å². The number of ether oxygens (including phenoxy) is 1. The lowest BCUT2D eigenvalue weighted by Crippen LogP contribution is -2.21. The van der Waals surface area contributed by atoms with Crippen molar-refractivity contribution in [3.05, 3.63) is 55.3 Å². The van der Waals surface area contributed by atoms with E-state index in [4.69, 9.17) is 4.74 Å². The maximum Gasteiger partial charge on any atom is 0.406 e. The molecule has 0 aliphatic heterocycles. The van der Waals surface area contributed by atoms with E-state index in [1.165, 1.54) is 6.07 Å². The van der Waals surface area contributed by atoms with E-state index in [1.54, 1.807) is 19.1 Å². The van der Waals surface area contributed by atoms with Crippen LogP contribution in [-0.2, 0) is 4.79 Å². The normalized spacial score (nSPS) is 10.2. The Morgan fingerprint density at radius 2 is 2.09 bits per heavy atom. The summed E-state index contributed by atoms with van der Waals surface area (Å²) in [6.07, 6.45) is 0. The van der Waals surface area contributed by atoms with E-state index in [-0.39, 0.29) is 12.4 Å². The van der Waals surface area contributed by atoms with Gasteiger partial charge in [0, 0.05) is 16.2 Å². The molecule has 1 heterocycles. The van der Waals surface area contributed by atoms with Crippen LogP contribution in [0.15, 0.2) is 30.3 Å². The van der Waals surface area contributed by atoms with Gasteiger partial charge in [0.25, 0.3) is 5.91 Å². The van der Waals surface area contributed by atoms with E-state index in [2.05, 4.69) is 32.9 Å². The minimum Gasteiger partial charge on any atom is -0.476 e. The van der Waals surface area contributed by atoms with Gasteiger partial charge < -0.3 is 20.2 Å². The Kier molecular flexibility index (Phi) is 5.48. The SMILES string of the molecule is Cc1ccc(OCC(=O)Nc2ccc(I)cc2C)c([N+](=O)[O-])n1. The van der Waals surface area contributed by atoms with Crippen LogP contribution < -0.4 is 10.1 Å². The summed E-state index contributed by atoms with van der Waals surface area (Å²) in [5, 5.41) is 13.7. The van der Waals surface area contributed by atoms with Crippen LogP contribution in [-0.4, -0.2) is 22.4 Å². The number of nitro groups is 1. The molecule has 0 aliphatic rings. The second-order valence-corrected chi connectivity index (χ2v) is 6.07. The largest absolute Gasteiger partial charge is 0.476 e. The second kappa shape index (κ2) is 7.36. The highest BCUT2D eigenvalue weighted by Gasteiger charge is 2.18. The van der Waals surface area contributed by atoms with Crippen LogP contribution >= 0.6 is 22.6 Å². The number of rotatable bonds is 5. The Morgan fingerprint density at radius 1 is 1.35 bits per heavy atom. The molecule has 7 nitrogen and oxygen atoms in total. The van der Waals surface area contributed by atoms with Crippen molar-refractivity contribution in [2.24, 2.45) is 0 Å². The molecule has 1 N–H and O–H groups in total. The van der Waals surface area contributed by atoms with E-state index in [0.29, 0.717) is 11.4 Å². The standard InChI is InChI=1S/C15H14IN3O4/c1-9-7-11(16)4-5-12(9)18-14(20)8-23-13-6-3-10(2)17-15(13)19(21)22/h3-7H,8H2,1-2H3,(H,18,20). The molecule has 0 radical (unpaired) electrons. The van der Waals surface area contributed by atoms with Crippen LogP contribution in [0.2, 0.25) is 0 Å². The van der Waals surface area contributed by atoms with Gasteiger partial charge in [0.1, 0.15) is 5.69 Å². The predicted molar refractivity (Wildman–Crippen MR) is 93.6 cm³/mol. The first-order chi connectivity index (χ1) is 10.9. The minimum atomic E-state index is -0.635. The van der Waals surface area contributed by atoms with Gasteiger partial charge >= 0.3 is 5.82 Å². The van der Waals surface area contributed by atoms with Gasteiger partial charge in [-0.05, 0) is 75.3 Å². The first-order valence-electron chi connectivity index (χ1n) is 6.67. The van der Waals surface area contributed by atoms with E-state index < -0.39 is 16.6 Å². The lowest BCUT2D eigenvalue weighted by atomic mass is 10.2. The zero-order chi connectivity index (χ0) is 17.0. The number of anilines is 1. The van der Waals surface area contributed by atoms with Crippen molar-refractivity contribution < 1.29 is 14.5 Å². The molecular formula is C15H14IN3O4. The molecule has 1 amide bonds. The molecule has 0 fully saturated rings. The summed E-state index contributed by atoms with van der Waals surface area (Å²) in [6.45, 7) is 3.19. The molecule has 0 aliphatic carbocycles. The van der Waals surface area contributed by atoms with Crippen molar-refractivity contribution in [2.45, 2.75) is 13.8 Å². The highest BCUT2D eigenvalue weighted by molar-refractivity contribution is 14.1. The number of nitrogens with one attached hydrogen (secondary N) is 1.